The molecule has 1 saturated heterocycles. The summed E-state index contributed by atoms with van der Waals surface area (Å²) < 4.78 is 0. The number of halogens is 5. The normalized spacial score (nSPS) is 29.0. The highest BCUT2D eigenvalue weighted by molar-refractivity contribution is 9.12. The molecule has 2 bridgehead atoms. The van der Waals surface area contributed by atoms with Gasteiger partial charge in [-0.15, -0.1) is 0 Å². The zero-order valence-electron chi connectivity index (χ0n) is 17.8. The Balaban J connectivity index is 1.53. The number of ketones is 1. The van der Waals surface area contributed by atoms with Gasteiger partial charge in [0.25, 0.3) is 17.7 Å². The van der Waals surface area contributed by atoms with Gasteiger partial charge in [-0.2, -0.15) is 5.01 Å². The Bertz CT molecular complexity index is 1240. The highest BCUT2D eigenvalue weighted by atomic mass is 79.9. The second-order valence-corrected chi connectivity index (χ2v) is 12.2. The van der Waals surface area contributed by atoms with Crippen LogP contribution in [0.1, 0.15) is 27.1 Å². The third kappa shape index (κ3) is 4.06. The number of rotatable bonds is 5. The monoisotopic (exact) mass is 660 g/mol. The highest BCUT2D eigenvalue weighted by Crippen LogP contribution is 2.60. The number of nitrogens with zero attached hydrogens (tertiary/aromatic N) is 2. The molecular formula is C24H17Br2Cl3N2O4. The van der Waals surface area contributed by atoms with E-state index in [1.807, 2.05) is 0 Å². The van der Waals surface area contributed by atoms with Crippen LogP contribution in [-0.4, -0.2) is 49.7 Å². The molecule has 11 heteroatoms. The largest absolute Gasteiger partial charge is 0.292 e. The molecule has 182 valence electrons. The molecule has 1 heterocycles. The molecule has 3 amide bonds. The van der Waals surface area contributed by atoms with E-state index < -0.39 is 41.9 Å². The molecule has 2 aromatic rings. The van der Waals surface area contributed by atoms with E-state index in [0.717, 1.165) is 16.4 Å². The number of hydrogen-bond acceptors (Lipinski definition) is 4. The number of Topliss-reactive ketones (excluding diaryl/α,β-unsaturated/α-hetero) is 1. The molecule has 3 aliphatic rings. The van der Waals surface area contributed by atoms with Gasteiger partial charge in [-0.1, -0.05) is 78.8 Å². The molecule has 0 N–H and O–H groups in total. The van der Waals surface area contributed by atoms with Crippen LogP contribution in [0.4, 0.5) is 0 Å². The highest BCUT2D eigenvalue weighted by Gasteiger charge is 2.67. The predicted molar refractivity (Wildman–Crippen MR) is 139 cm³/mol. The van der Waals surface area contributed by atoms with Gasteiger partial charge in [-0.3, -0.25) is 19.2 Å². The summed E-state index contributed by atoms with van der Waals surface area (Å²) in [5.41, 5.74) is 0.190. The van der Waals surface area contributed by atoms with Gasteiger partial charge in [0.15, 0.2) is 5.78 Å². The van der Waals surface area contributed by atoms with Gasteiger partial charge < -0.3 is 0 Å². The van der Waals surface area contributed by atoms with Crippen molar-refractivity contribution in [3.8, 4) is 0 Å². The van der Waals surface area contributed by atoms with Crippen molar-refractivity contribution in [3.05, 3.63) is 68.7 Å². The molecule has 2 aromatic carbocycles. The Morgan fingerprint density at radius 1 is 0.886 bits per heavy atom. The summed E-state index contributed by atoms with van der Waals surface area (Å²) in [6.07, 6.45) is 0.740. The van der Waals surface area contributed by atoms with E-state index in [4.69, 9.17) is 34.8 Å². The maximum Gasteiger partial charge on any atom is 0.274 e. The molecule has 2 aliphatic carbocycles. The van der Waals surface area contributed by atoms with Gasteiger partial charge in [0, 0.05) is 20.2 Å². The van der Waals surface area contributed by atoms with E-state index in [0.29, 0.717) is 5.02 Å². The summed E-state index contributed by atoms with van der Waals surface area (Å²) in [5, 5.41) is 2.35. The first-order valence-electron chi connectivity index (χ1n) is 10.8. The van der Waals surface area contributed by atoms with Crippen LogP contribution in [0.2, 0.25) is 15.1 Å². The van der Waals surface area contributed by atoms with E-state index in [1.54, 1.807) is 12.1 Å². The van der Waals surface area contributed by atoms with Crippen molar-refractivity contribution in [2.75, 3.05) is 6.54 Å². The minimum absolute atomic E-state index is 0.0349. The fourth-order valence-electron chi connectivity index (χ4n) is 5.51. The third-order valence-corrected chi connectivity index (χ3v) is 11.2. The van der Waals surface area contributed by atoms with Crippen molar-refractivity contribution < 1.29 is 19.2 Å². The minimum atomic E-state index is -0.728. The van der Waals surface area contributed by atoms with Crippen LogP contribution in [0.5, 0.6) is 0 Å². The quantitative estimate of drug-likeness (QED) is 0.235. The Kier molecular flexibility index (Phi) is 6.81. The van der Waals surface area contributed by atoms with Crippen LogP contribution >= 0.6 is 66.7 Å². The van der Waals surface area contributed by atoms with Crippen LogP contribution in [0.15, 0.2) is 42.5 Å². The van der Waals surface area contributed by atoms with Gasteiger partial charge >= 0.3 is 0 Å². The fourth-order valence-corrected chi connectivity index (χ4v) is 8.12. The summed E-state index contributed by atoms with van der Waals surface area (Å²) in [6, 6.07) is 10.6. The lowest BCUT2D eigenvalue weighted by Crippen LogP contribution is -2.52. The summed E-state index contributed by atoms with van der Waals surface area (Å²) in [4.78, 5) is 54.2. The predicted octanol–water partition coefficient (Wildman–Crippen LogP) is 5.66. The Morgan fingerprint density at radius 3 is 2.06 bits per heavy atom. The minimum Gasteiger partial charge on any atom is -0.292 e. The molecule has 2 saturated carbocycles. The molecule has 6 atom stereocenters. The van der Waals surface area contributed by atoms with Crippen LogP contribution in [0.3, 0.4) is 0 Å². The first-order valence-corrected chi connectivity index (χ1v) is 13.8. The van der Waals surface area contributed by atoms with Gasteiger partial charge in [0.05, 0.1) is 27.4 Å². The number of hydrogen-bond donors (Lipinski definition) is 0. The van der Waals surface area contributed by atoms with Crippen LogP contribution in [0, 0.1) is 23.7 Å². The lowest BCUT2D eigenvalue weighted by atomic mass is 9.81. The van der Waals surface area contributed by atoms with Gasteiger partial charge in [0.1, 0.15) is 6.54 Å². The first-order chi connectivity index (χ1) is 16.6. The van der Waals surface area contributed by atoms with Crippen LogP contribution in [-0.2, 0) is 9.59 Å². The molecule has 5 rings (SSSR count). The molecule has 0 unspecified atom stereocenters. The molecule has 0 spiro atoms. The number of amides is 3. The van der Waals surface area contributed by atoms with Crippen molar-refractivity contribution in [1.29, 1.82) is 0 Å². The zero-order valence-corrected chi connectivity index (χ0v) is 23.3. The molecular weight excluding hydrogens is 646 g/mol. The number of fused-ring (bicyclic) bond motifs is 5. The number of carbonyl (C=O) groups excluding carboxylic acids is 4. The van der Waals surface area contributed by atoms with E-state index in [1.165, 1.54) is 30.3 Å². The Labute approximate surface area is 233 Å². The van der Waals surface area contributed by atoms with E-state index in [-0.39, 0.29) is 42.7 Å². The maximum absolute atomic E-state index is 13.6. The lowest BCUT2D eigenvalue weighted by Gasteiger charge is -2.31. The van der Waals surface area contributed by atoms with Gasteiger partial charge in [-0.05, 0) is 48.6 Å². The van der Waals surface area contributed by atoms with Crippen molar-refractivity contribution in [2.45, 2.75) is 16.1 Å². The van der Waals surface area contributed by atoms with Gasteiger partial charge in [0.2, 0.25) is 0 Å². The van der Waals surface area contributed by atoms with E-state index >= 15 is 0 Å². The molecule has 1 aliphatic heterocycles. The topological polar surface area (TPSA) is 74.8 Å². The Morgan fingerprint density at radius 2 is 1.49 bits per heavy atom. The summed E-state index contributed by atoms with van der Waals surface area (Å²) in [5.74, 6) is -3.44. The average Bonchev–Trinajstić information content (AvgIpc) is 3.42. The number of imide groups is 1. The van der Waals surface area contributed by atoms with Crippen LogP contribution < -0.4 is 0 Å². The first kappa shape index (κ1) is 25.2. The second-order valence-electron chi connectivity index (χ2n) is 8.88. The lowest BCUT2D eigenvalue weighted by molar-refractivity contribution is -0.154. The maximum atomic E-state index is 13.6. The second kappa shape index (κ2) is 9.45. The van der Waals surface area contributed by atoms with E-state index in [2.05, 4.69) is 31.9 Å². The molecule has 0 radical (unpaired) electrons. The van der Waals surface area contributed by atoms with Crippen molar-refractivity contribution in [2.24, 2.45) is 23.7 Å². The summed E-state index contributed by atoms with van der Waals surface area (Å²) in [7, 11) is 0. The number of hydrazine groups is 1. The van der Waals surface area contributed by atoms with E-state index in [9.17, 15) is 19.2 Å². The molecule has 35 heavy (non-hydrogen) atoms. The fraction of sp³-hybridized carbons (Fsp3) is 0.333. The molecule has 6 nitrogen and oxygen atoms in total. The zero-order chi connectivity index (χ0) is 25.2. The molecule has 3 fully saturated rings. The smallest absolute Gasteiger partial charge is 0.274 e. The SMILES string of the molecule is O=C(CN(C(=O)c1ccccc1Cl)N1C(=O)[C@@H]2[C@H]3C[C@@H]([C@H](Br)[C@H]3Br)[C@H]2C1=O)c1ccc(Cl)cc1Cl. The van der Waals surface area contributed by atoms with Gasteiger partial charge in [-0.25, -0.2) is 5.01 Å². The Hall–Kier alpha value is -1.45. The number of benzene rings is 2. The number of carbonyl (C=O) groups is 4. The van der Waals surface area contributed by atoms with Crippen LogP contribution in [0.25, 0.3) is 0 Å². The average molecular weight is 664 g/mol. The third-order valence-electron chi connectivity index (χ3n) is 7.07. The number of alkyl halides is 2. The molecule has 0 aromatic heterocycles. The van der Waals surface area contributed by atoms with Crippen molar-refractivity contribution in [3.63, 3.8) is 0 Å². The van der Waals surface area contributed by atoms with Crippen molar-refractivity contribution in [1.82, 2.24) is 10.0 Å². The summed E-state index contributed by atoms with van der Waals surface area (Å²) >= 11 is 25.7. The summed E-state index contributed by atoms with van der Waals surface area (Å²) in [6.45, 7) is -0.576. The van der Waals surface area contributed by atoms with Crippen molar-refractivity contribution >= 4 is 90.2 Å². The standard InChI is InChI=1S/C24H17Br2Cl3N2O4/c25-20-13-8-14(21(20)26)19-18(13)23(34)31(24(19)35)30(22(33)12-3-1-2-4-15(12)28)9-17(32)11-6-5-10(27)7-16(11)29/h1-7,13-14,18-21H,8-9H2/t13-,14-,18-,19-,20+,21+/m1/s1.